The van der Waals surface area contributed by atoms with Crippen LogP contribution in [0.1, 0.15) is 5.56 Å². The number of thioether (sulfide) groups is 1. The van der Waals surface area contributed by atoms with Gasteiger partial charge in [-0.1, -0.05) is 0 Å². The van der Waals surface area contributed by atoms with Crippen LogP contribution in [0.15, 0.2) is 41.3 Å². The molecule has 0 atom stereocenters. The van der Waals surface area contributed by atoms with Gasteiger partial charge in [0.25, 0.3) is 0 Å². The summed E-state index contributed by atoms with van der Waals surface area (Å²) in [5.41, 5.74) is -0.627. The van der Waals surface area contributed by atoms with E-state index in [1.54, 1.807) is 12.1 Å². The van der Waals surface area contributed by atoms with Crippen molar-refractivity contribution < 1.29 is 32.5 Å². The van der Waals surface area contributed by atoms with E-state index in [0.717, 1.165) is 17.0 Å². The van der Waals surface area contributed by atoms with Gasteiger partial charge in [-0.25, -0.2) is 4.79 Å². The van der Waals surface area contributed by atoms with Crippen molar-refractivity contribution in [3.8, 4) is 23.0 Å². The number of alkyl halides is 2. The Morgan fingerprint density at radius 3 is 1.92 bits per heavy atom. The molecule has 0 aromatic heterocycles. The quantitative estimate of drug-likeness (QED) is 0.406. The van der Waals surface area contributed by atoms with E-state index in [2.05, 4.69) is 0 Å². The molecule has 0 aliphatic carbocycles. The first-order valence-corrected chi connectivity index (χ1v) is 8.64. The summed E-state index contributed by atoms with van der Waals surface area (Å²) in [7, 11) is 3.94. The highest BCUT2D eigenvalue weighted by molar-refractivity contribution is 7.98. The Labute approximate surface area is 154 Å². The molecule has 8 heteroatoms. The number of hydrogen-bond acceptors (Lipinski definition) is 6. The number of carbonyl (C=O) groups excluding carboxylic acids is 1. The predicted molar refractivity (Wildman–Crippen MR) is 93.9 cm³/mol. The molecule has 0 saturated heterocycles. The second-order valence-corrected chi connectivity index (χ2v) is 5.93. The van der Waals surface area contributed by atoms with Crippen molar-refractivity contribution in [1.29, 1.82) is 0 Å². The van der Waals surface area contributed by atoms with E-state index in [-0.39, 0.29) is 23.0 Å². The number of ether oxygens (including phenoxy) is 4. The van der Waals surface area contributed by atoms with Crippen molar-refractivity contribution in [2.75, 3.05) is 27.6 Å². The number of esters is 1. The van der Waals surface area contributed by atoms with E-state index >= 15 is 0 Å². The molecular formula is C18H18F2O5S. The molecular weight excluding hydrogens is 366 g/mol. The van der Waals surface area contributed by atoms with Gasteiger partial charge in [0.2, 0.25) is 5.75 Å². The first-order chi connectivity index (χ1) is 12.4. The van der Waals surface area contributed by atoms with Gasteiger partial charge >= 0.3 is 11.9 Å². The van der Waals surface area contributed by atoms with E-state index < -0.39 is 17.5 Å². The number of hydrogen-bond donors (Lipinski definition) is 0. The summed E-state index contributed by atoms with van der Waals surface area (Å²) < 4.78 is 49.2. The minimum atomic E-state index is -3.91. The zero-order valence-corrected chi connectivity index (χ0v) is 15.5. The van der Waals surface area contributed by atoms with Gasteiger partial charge in [-0.3, -0.25) is 0 Å². The van der Waals surface area contributed by atoms with Gasteiger partial charge in [0, 0.05) is 10.5 Å². The molecule has 2 aromatic rings. The summed E-state index contributed by atoms with van der Waals surface area (Å²) in [5.74, 6) is -5.41. The van der Waals surface area contributed by atoms with Gasteiger partial charge in [0.15, 0.2) is 11.5 Å². The largest absolute Gasteiger partial charge is 0.493 e. The Morgan fingerprint density at radius 1 is 0.962 bits per heavy atom. The lowest BCUT2D eigenvalue weighted by molar-refractivity contribution is -0.163. The highest BCUT2D eigenvalue weighted by Crippen LogP contribution is 2.43. The topological polar surface area (TPSA) is 54.0 Å². The van der Waals surface area contributed by atoms with Crippen LogP contribution in [0.3, 0.4) is 0 Å². The minimum Gasteiger partial charge on any atom is -0.493 e. The second-order valence-electron chi connectivity index (χ2n) is 5.05. The van der Waals surface area contributed by atoms with Crippen molar-refractivity contribution in [3.05, 3.63) is 42.0 Å². The molecule has 0 aliphatic rings. The van der Waals surface area contributed by atoms with E-state index in [4.69, 9.17) is 18.9 Å². The molecule has 2 rings (SSSR count). The van der Waals surface area contributed by atoms with Crippen LogP contribution in [-0.4, -0.2) is 33.6 Å². The van der Waals surface area contributed by atoms with Crippen LogP contribution in [0, 0.1) is 0 Å². The highest BCUT2D eigenvalue weighted by atomic mass is 32.2. The van der Waals surface area contributed by atoms with Gasteiger partial charge < -0.3 is 18.9 Å². The van der Waals surface area contributed by atoms with Crippen molar-refractivity contribution in [2.24, 2.45) is 0 Å². The molecule has 0 aliphatic heterocycles. The Morgan fingerprint density at radius 2 is 1.50 bits per heavy atom. The van der Waals surface area contributed by atoms with Crippen LogP contribution >= 0.6 is 11.8 Å². The number of carbonyl (C=O) groups is 1. The summed E-state index contributed by atoms with van der Waals surface area (Å²) in [5, 5.41) is 0. The van der Waals surface area contributed by atoms with E-state index in [1.165, 1.54) is 45.2 Å². The first-order valence-electron chi connectivity index (χ1n) is 7.42. The molecule has 0 spiro atoms. The highest BCUT2D eigenvalue weighted by Gasteiger charge is 2.44. The van der Waals surface area contributed by atoms with Crippen molar-refractivity contribution in [1.82, 2.24) is 0 Å². The van der Waals surface area contributed by atoms with Crippen molar-refractivity contribution in [2.45, 2.75) is 10.8 Å². The van der Waals surface area contributed by atoms with Crippen molar-refractivity contribution in [3.63, 3.8) is 0 Å². The monoisotopic (exact) mass is 384 g/mol. The Bertz CT molecular complexity index is 753. The van der Waals surface area contributed by atoms with Gasteiger partial charge in [-0.05, 0) is 42.7 Å². The molecule has 0 bridgehead atoms. The maximum atomic E-state index is 14.6. The van der Waals surface area contributed by atoms with Gasteiger partial charge in [0.05, 0.1) is 21.3 Å². The molecule has 0 heterocycles. The third-order valence-corrected chi connectivity index (χ3v) is 4.30. The van der Waals surface area contributed by atoms with Crippen LogP contribution < -0.4 is 18.9 Å². The lowest BCUT2D eigenvalue weighted by atomic mass is 10.1. The molecule has 0 saturated carbocycles. The smallest absolute Gasteiger partial charge is 0.387 e. The predicted octanol–water partition coefficient (Wildman–Crippen LogP) is 4.13. The summed E-state index contributed by atoms with van der Waals surface area (Å²) in [6.07, 6.45) is 1.87. The maximum absolute atomic E-state index is 14.6. The fourth-order valence-electron chi connectivity index (χ4n) is 2.20. The number of methoxy groups -OCH3 is 3. The van der Waals surface area contributed by atoms with Crippen LogP contribution in [0.5, 0.6) is 23.0 Å². The Balaban J connectivity index is 2.33. The number of rotatable bonds is 7. The van der Waals surface area contributed by atoms with Crippen LogP contribution in [0.25, 0.3) is 0 Å². The fourth-order valence-corrected chi connectivity index (χ4v) is 2.60. The van der Waals surface area contributed by atoms with Crippen molar-refractivity contribution >= 4 is 17.7 Å². The Kier molecular flexibility index (Phi) is 6.31. The zero-order chi connectivity index (χ0) is 19.3. The summed E-state index contributed by atoms with van der Waals surface area (Å²) >= 11 is 1.48. The lowest BCUT2D eigenvalue weighted by Crippen LogP contribution is -2.30. The maximum Gasteiger partial charge on any atom is 0.387 e. The summed E-state index contributed by atoms with van der Waals surface area (Å²) in [6.45, 7) is 0. The second kappa shape index (κ2) is 8.27. The Hall–Kier alpha value is -2.48. The molecule has 0 fully saturated rings. The molecule has 5 nitrogen and oxygen atoms in total. The zero-order valence-electron chi connectivity index (χ0n) is 14.7. The minimum absolute atomic E-state index is 0.0126. The fraction of sp³-hybridized carbons (Fsp3) is 0.278. The molecule has 2 aromatic carbocycles. The molecule has 0 amide bonds. The average molecular weight is 384 g/mol. The SMILES string of the molecule is COc1cc(C(F)(F)C(=O)Oc2ccc(SC)cc2)cc(OC)c1OC. The molecule has 26 heavy (non-hydrogen) atoms. The molecule has 140 valence electrons. The van der Waals surface area contributed by atoms with Gasteiger partial charge in [0.1, 0.15) is 5.75 Å². The van der Waals surface area contributed by atoms with E-state index in [0.29, 0.717) is 0 Å². The standard InChI is InChI=1S/C18H18F2O5S/c1-22-14-9-11(10-15(23-2)16(14)24-3)18(19,20)17(21)25-12-5-7-13(26-4)8-6-12/h5-10H,1-4H3. The van der Waals surface area contributed by atoms with E-state index in [1.807, 2.05) is 6.26 Å². The molecule has 0 radical (unpaired) electrons. The van der Waals surface area contributed by atoms with Crippen LogP contribution in [-0.2, 0) is 10.7 Å². The summed E-state index contributed by atoms with van der Waals surface area (Å²) in [6, 6.07) is 8.28. The average Bonchev–Trinajstić information content (AvgIpc) is 2.67. The first kappa shape index (κ1) is 19.8. The van der Waals surface area contributed by atoms with Gasteiger partial charge in [-0.15, -0.1) is 11.8 Å². The summed E-state index contributed by atoms with van der Waals surface area (Å²) in [4.78, 5) is 13.0. The molecule has 0 unspecified atom stereocenters. The third-order valence-electron chi connectivity index (χ3n) is 3.55. The lowest BCUT2D eigenvalue weighted by Gasteiger charge is -2.19. The van der Waals surface area contributed by atoms with Crippen LogP contribution in [0.4, 0.5) is 8.78 Å². The van der Waals surface area contributed by atoms with Crippen LogP contribution in [0.2, 0.25) is 0 Å². The van der Waals surface area contributed by atoms with Gasteiger partial charge in [-0.2, -0.15) is 8.78 Å². The molecule has 0 N–H and O–H groups in total. The number of halogens is 2. The third kappa shape index (κ3) is 4.01. The van der Waals surface area contributed by atoms with E-state index in [9.17, 15) is 13.6 Å². The normalized spacial score (nSPS) is 11.0. The number of benzene rings is 2.